The van der Waals surface area contributed by atoms with Gasteiger partial charge in [-0.05, 0) is 90.4 Å². The molecule has 3 N–H and O–H groups in total. The summed E-state index contributed by atoms with van der Waals surface area (Å²) in [5.41, 5.74) is 4.63. The number of halogens is 1. The van der Waals surface area contributed by atoms with E-state index in [1.54, 1.807) is 66.7 Å². The predicted molar refractivity (Wildman–Crippen MR) is 184 cm³/mol. The van der Waals surface area contributed by atoms with Crippen LogP contribution in [0.4, 0.5) is 11.4 Å². The van der Waals surface area contributed by atoms with Gasteiger partial charge in [-0.15, -0.1) is 11.8 Å². The van der Waals surface area contributed by atoms with Crippen molar-refractivity contribution in [3.63, 3.8) is 0 Å². The number of benzene rings is 5. The monoisotopic (exact) mass is 631 g/mol. The van der Waals surface area contributed by atoms with Gasteiger partial charge in [-0.3, -0.25) is 14.4 Å². The minimum absolute atomic E-state index is 0.0993. The third kappa shape index (κ3) is 8.95. The Labute approximate surface area is 271 Å². The zero-order valence-electron chi connectivity index (χ0n) is 24.4. The van der Waals surface area contributed by atoms with Crippen LogP contribution in [0, 0.1) is 0 Å². The van der Waals surface area contributed by atoms with Gasteiger partial charge < -0.3 is 16.0 Å². The summed E-state index contributed by atoms with van der Waals surface area (Å²) in [7, 11) is 0. The lowest BCUT2D eigenvalue weighted by atomic mass is 10.0. The Bertz CT molecular complexity index is 1790. The average Bonchev–Trinajstić information content (AvgIpc) is 3.07. The van der Waals surface area contributed by atoms with Gasteiger partial charge in [0.25, 0.3) is 11.8 Å². The number of thioether (sulfide) groups is 1. The largest absolute Gasteiger partial charge is 0.325 e. The van der Waals surface area contributed by atoms with Crippen molar-refractivity contribution < 1.29 is 14.4 Å². The summed E-state index contributed by atoms with van der Waals surface area (Å²) < 4.78 is 0. The van der Waals surface area contributed by atoms with Crippen LogP contribution in [-0.4, -0.2) is 23.0 Å². The fourth-order valence-electron chi connectivity index (χ4n) is 4.36. The van der Waals surface area contributed by atoms with E-state index in [2.05, 4.69) is 16.0 Å². The summed E-state index contributed by atoms with van der Waals surface area (Å²) in [5.74, 6) is -1.00. The van der Waals surface area contributed by atoms with E-state index in [1.807, 2.05) is 79.7 Å². The van der Waals surface area contributed by atoms with Crippen molar-refractivity contribution in [2.24, 2.45) is 0 Å². The summed E-state index contributed by atoms with van der Waals surface area (Å²) in [6.45, 7) is 1.82. The fraction of sp³-hybridized carbons (Fsp3) is 0.0541. The lowest BCUT2D eigenvalue weighted by molar-refractivity contribution is -0.115. The molecule has 224 valence electrons. The van der Waals surface area contributed by atoms with E-state index in [-0.39, 0.29) is 16.9 Å². The molecule has 8 heteroatoms. The van der Waals surface area contributed by atoms with Crippen molar-refractivity contribution in [1.82, 2.24) is 5.32 Å². The Hall–Kier alpha value is -5.11. The molecule has 0 aliphatic rings. The van der Waals surface area contributed by atoms with Crippen LogP contribution in [0.2, 0.25) is 5.02 Å². The molecule has 0 aromatic heterocycles. The highest BCUT2D eigenvalue weighted by Crippen LogP contribution is 2.26. The van der Waals surface area contributed by atoms with Crippen LogP contribution < -0.4 is 16.0 Å². The fourth-order valence-corrected chi connectivity index (χ4v) is 5.35. The van der Waals surface area contributed by atoms with E-state index in [9.17, 15) is 14.4 Å². The summed E-state index contributed by atoms with van der Waals surface area (Å²) >= 11 is 7.32. The van der Waals surface area contributed by atoms with Crippen LogP contribution in [0.3, 0.4) is 0 Å². The van der Waals surface area contributed by atoms with Gasteiger partial charge in [-0.25, -0.2) is 0 Å². The lowest BCUT2D eigenvalue weighted by Crippen LogP contribution is -2.30. The Kier molecular flexibility index (Phi) is 10.5. The molecule has 0 spiro atoms. The summed E-state index contributed by atoms with van der Waals surface area (Å²) in [4.78, 5) is 40.0. The molecule has 0 saturated carbocycles. The summed E-state index contributed by atoms with van der Waals surface area (Å²) in [6.07, 6.45) is 1.65. The third-order valence-electron chi connectivity index (χ3n) is 6.76. The first-order valence-corrected chi connectivity index (χ1v) is 15.5. The second-order valence-electron chi connectivity index (χ2n) is 10.1. The highest BCUT2D eigenvalue weighted by atomic mass is 35.5. The Morgan fingerprint density at radius 3 is 1.87 bits per heavy atom. The maximum atomic E-state index is 13.5. The minimum atomic E-state index is -0.470. The quantitative estimate of drug-likeness (QED) is 0.106. The van der Waals surface area contributed by atoms with Crippen molar-refractivity contribution in [2.75, 3.05) is 10.6 Å². The SMILES string of the molecule is CC(Sc1ccc(NC(=O)/C(=C/c2ccc(-c3ccccc3)cc2)NC(=O)c2ccccc2)cc1)C(=O)Nc1ccc(Cl)cc1. The van der Waals surface area contributed by atoms with Crippen molar-refractivity contribution >= 4 is 58.5 Å². The van der Waals surface area contributed by atoms with Gasteiger partial charge >= 0.3 is 0 Å². The molecule has 0 saturated heterocycles. The van der Waals surface area contributed by atoms with Crippen molar-refractivity contribution in [1.29, 1.82) is 0 Å². The first-order valence-electron chi connectivity index (χ1n) is 14.2. The third-order valence-corrected chi connectivity index (χ3v) is 8.13. The molecular weight excluding hydrogens is 602 g/mol. The number of rotatable bonds is 10. The second kappa shape index (κ2) is 15.1. The first kappa shape index (κ1) is 31.3. The normalized spacial score (nSPS) is 11.7. The number of hydrogen-bond donors (Lipinski definition) is 3. The van der Waals surface area contributed by atoms with E-state index in [1.165, 1.54) is 11.8 Å². The molecular formula is C37H30ClN3O3S. The van der Waals surface area contributed by atoms with Crippen LogP contribution in [0.25, 0.3) is 17.2 Å². The predicted octanol–water partition coefficient (Wildman–Crippen LogP) is 8.54. The molecule has 0 radical (unpaired) electrons. The van der Waals surface area contributed by atoms with Gasteiger partial charge in [-0.1, -0.05) is 84.4 Å². The Morgan fingerprint density at radius 2 is 1.22 bits per heavy atom. The molecule has 1 unspecified atom stereocenters. The van der Waals surface area contributed by atoms with E-state index in [4.69, 9.17) is 11.6 Å². The lowest BCUT2D eigenvalue weighted by Gasteiger charge is -2.14. The second-order valence-corrected chi connectivity index (χ2v) is 12.0. The zero-order chi connectivity index (χ0) is 31.6. The van der Waals surface area contributed by atoms with Crippen LogP contribution in [-0.2, 0) is 9.59 Å². The number of anilines is 2. The van der Waals surface area contributed by atoms with Crippen molar-refractivity contribution in [3.05, 3.63) is 155 Å². The molecule has 0 heterocycles. The van der Waals surface area contributed by atoms with E-state index in [0.29, 0.717) is 22.0 Å². The van der Waals surface area contributed by atoms with E-state index >= 15 is 0 Å². The van der Waals surface area contributed by atoms with Crippen LogP contribution in [0.1, 0.15) is 22.8 Å². The summed E-state index contributed by atoms with van der Waals surface area (Å²) in [5, 5.41) is 8.77. The van der Waals surface area contributed by atoms with Crippen molar-refractivity contribution in [2.45, 2.75) is 17.1 Å². The smallest absolute Gasteiger partial charge is 0.272 e. The molecule has 45 heavy (non-hydrogen) atoms. The van der Waals surface area contributed by atoms with E-state index < -0.39 is 11.8 Å². The van der Waals surface area contributed by atoms with Crippen LogP contribution in [0.5, 0.6) is 0 Å². The summed E-state index contributed by atoms with van der Waals surface area (Å²) in [6, 6.07) is 40.6. The Balaban J connectivity index is 1.27. The van der Waals surface area contributed by atoms with Gasteiger partial charge in [0.15, 0.2) is 0 Å². The Morgan fingerprint density at radius 1 is 0.667 bits per heavy atom. The maximum absolute atomic E-state index is 13.5. The highest BCUT2D eigenvalue weighted by molar-refractivity contribution is 8.00. The zero-order valence-corrected chi connectivity index (χ0v) is 25.9. The standard InChI is InChI=1S/C37H30ClN3O3S/c1-25(35(42)39-31-18-16-30(38)17-19-31)45-33-22-20-32(21-23-33)40-37(44)34(41-36(43)29-10-6-3-7-11-29)24-26-12-14-28(15-13-26)27-8-4-2-5-9-27/h2-25H,1H3,(H,39,42)(H,40,44)(H,41,43)/b34-24-. The van der Waals surface area contributed by atoms with Gasteiger partial charge in [0.05, 0.1) is 5.25 Å². The van der Waals surface area contributed by atoms with Crippen LogP contribution in [0.15, 0.2) is 144 Å². The molecule has 6 nitrogen and oxygen atoms in total. The van der Waals surface area contributed by atoms with Gasteiger partial charge in [0, 0.05) is 26.9 Å². The molecule has 5 aromatic carbocycles. The van der Waals surface area contributed by atoms with Crippen molar-refractivity contribution in [3.8, 4) is 11.1 Å². The van der Waals surface area contributed by atoms with E-state index in [0.717, 1.165) is 21.6 Å². The molecule has 3 amide bonds. The number of hydrogen-bond acceptors (Lipinski definition) is 4. The first-order chi connectivity index (χ1) is 21.8. The number of amides is 3. The molecule has 0 bridgehead atoms. The number of carbonyl (C=O) groups is 3. The minimum Gasteiger partial charge on any atom is -0.325 e. The van der Waals surface area contributed by atoms with Crippen LogP contribution >= 0.6 is 23.4 Å². The molecule has 5 rings (SSSR count). The van der Waals surface area contributed by atoms with Gasteiger partial charge in [-0.2, -0.15) is 0 Å². The highest BCUT2D eigenvalue weighted by Gasteiger charge is 2.17. The maximum Gasteiger partial charge on any atom is 0.272 e. The van der Waals surface area contributed by atoms with Gasteiger partial charge in [0.1, 0.15) is 5.70 Å². The molecule has 5 aromatic rings. The van der Waals surface area contributed by atoms with Gasteiger partial charge in [0.2, 0.25) is 5.91 Å². The number of carbonyl (C=O) groups excluding carboxylic acids is 3. The number of nitrogens with one attached hydrogen (secondary N) is 3. The molecule has 0 fully saturated rings. The molecule has 0 aliphatic heterocycles. The average molecular weight is 632 g/mol. The topological polar surface area (TPSA) is 87.3 Å². The molecule has 0 aliphatic carbocycles. The molecule has 1 atom stereocenters.